The number of benzene rings is 1. The molecule has 4 nitrogen and oxygen atoms in total. The lowest BCUT2D eigenvalue weighted by Gasteiger charge is -2.15. The van der Waals surface area contributed by atoms with Crippen molar-refractivity contribution in [3.63, 3.8) is 0 Å². The van der Waals surface area contributed by atoms with Gasteiger partial charge in [-0.05, 0) is 19.1 Å². The van der Waals surface area contributed by atoms with E-state index in [1.54, 1.807) is 12.1 Å². The zero-order valence-electron chi connectivity index (χ0n) is 10.5. The SMILES string of the molecule is Cc1ccc(C(=O)NCCN2C(=O)CSC2=S)cc1. The zero-order valence-corrected chi connectivity index (χ0v) is 12.1. The summed E-state index contributed by atoms with van der Waals surface area (Å²) in [6.07, 6.45) is 0. The summed E-state index contributed by atoms with van der Waals surface area (Å²) in [7, 11) is 0. The predicted molar refractivity (Wildman–Crippen MR) is 80.3 cm³/mol. The Morgan fingerprint density at radius 3 is 2.68 bits per heavy atom. The highest BCUT2D eigenvalue weighted by Gasteiger charge is 2.25. The van der Waals surface area contributed by atoms with Crippen LogP contribution in [0.5, 0.6) is 0 Å². The Hall–Kier alpha value is -1.40. The van der Waals surface area contributed by atoms with Gasteiger partial charge in [0.2, 0.25) is 5.91 Å². The minimum atomic E-state index is -0.134. The molecule has 100 valence electrons. The Morgan fingerprint density at radius 1 is 1.42 bits per heavy atom. The number of nitrogens with zero attached hydrogens (tertiary/aromatic N) is 1. The maximum atomic E-state index is 11.8. The minimum absolute atomic E-state index is 0.0135. The van der Waals surface area contributed by atoms with E-state index >= 15 is 0 Å². The van der Waals surface area contributed by atoms with Gasteiger partial charge >= 0.3 is 0 Å². The summed E-state index contributed by atoms with van der Waals surface area (Å²) >= 11 is 6.43. The van der Waals surface area contributed by atoms with Crippen molar-refractivity contribution in [2.75, 3.05) is 18.8 Å². The third-order valence-corrected chi connectivity index (χ3v) is 4.21. The van der Waals surface area contributed by atoms with Crippen LogP contribution in [0.2, 0.25) is 0 Å². The first-order valence-corrected chi connectivity index (χ1v) is 7.29. The number of nitrogens with one attached hydrogen (secondary N) is 1. The van der Waals surface area contributed by atoms with E-state index in [1.165, 1.54) is 16.7 Å². The number of hydrogen-bond donors (Lipinski definition) is 1. The van der Waals surface area contributed by atoms with Gasteiger partial charge in [0.05, 0.1) is 5.75 Å². The molecule has 1 aliphatic rings. The van der Waals surface area contributed by atoms with Crippen molar-refractivity contribution in [3.05, 3.63) is 35.4 Å². The van der Waals surface area contributed by atoms with Gasteiger partial charge in [-0.15, -0.1) is 0 Å². The summed E-state index contributed by atoms with van der Waals surface area (Å²) in [5.74, 6) is 0.287. The number of carbonyl (C=O) groups excluding carboxylic acids is 2. The average Bonchev–Trinajstić information content (AvgIpc) is 2.71. The Morgan fingerprint density at radius 2 is 2.11 bits per heavy atom. The molecule has 1 heterocycles. The molecule has 0 unspecified atom stereocenters. The largest absolute Gasteiger partial charge is 0.350 e. The summed E-state index contributed by atoms with van der Waals surface area (Å²) < 4.78 is 0.592. The lowest BCUT2D eigenvalue weighted by Crippen LogP contribution is -2.37. The van der Waals surface area contributed by atoms with Crippen molar-refractivity contribution in [1.29, 1.82) is 0 Å². The molecule has 19 heavy (non-hydrogen) atoms. The molecule has 0 radical (unpaired) electrons. The van der Waals surface area contributed by atoms with Crippen molar-refractivity contribution in [2.45, 2.75) is 6.92 Å². The van der Waals surface area contributed by atoms with Gasteiger partial charge in [-0.1, -0.05) is 41.7 Å². The van der Waals surface area contributed by atoms with E-state index in [0.29, 0.717) is 28.7 Å². The molecule has 0 bridgehead atoms. The van der Waals surface area contributed by atoms with Crippen molar-refractivity contribution in [2.24, 2.45) is 0 Å². The van der Waals surface area contributed by atoms with E-state index in [1.807, 2.05) is 19.1 Å². The molecule has 0 spiro atoms. The van der Waals surface area contributed by atoms with Crippen molar-refractivity contribution < 1.29 is 9.59 Å². The molecule has 2 rings (SSSR count). The lowest BCUT2D eigenvalue weighted by molar-refractivity contribution is -0.123. The first-order valence-electron chi connectivity index (χ1n) is 5.90. The van der Waals surface area contributed by atoms with E-state index in [0.717, 1.165) is 5.56 Å². The molecule has 1 N–H and O–H groups in total. The molecule has 0 saturated carbocycles. The Labute approximate surface area is 121 Å². The fraction of sp³-hybridized carbons (Fsp3) is 0.308. The Balaban J connectivity index is 1.82. The zero-order chi connectivity index (χ0) is 13.8. The smallest absolute Gasteiger partial charge is 0.251 e. The molecule has 0 aromatic heterocycles. The van der Waals surface area contributed by atoms with Crippen LogP contribution < -0.4 is 5.32 Å². The second-order valence-electron chi connectivity index (χ2n) is 4.22. The Bertz CT molecular complexity index is 498. The first-order chi connectivity index (χ1) is 9.08. The van der Waals surface area contributed by atoms with Gasteiger partial charge in [-0.3, -0.25) is 14.5 Å². The highest BCUT2D eigenvalue weighted by atomic mass is 32.2. The minimum Gasteiger partial charge on any atom is -0.350 e. The summed E-state index contributed by atoms with van der Waals surface area (Å²) in [6, 6.07) is 7.35. The van der Waals surface area contributed by atoms with Gasteiger partial charge < -0.3 is 5.32 Å². The maximum absolute atomic E-state index is 11.8. The molecule has 1 aromatic carbocycles. The maximum Gasteiger partial charge on any atom is 0.251 e. The number of rotatable bonds is 4. The van der Waals surface area contributed by atoms with Crippen LogP contribution in [-0.2, 0) is 4.79 Å². The van der Waals surface area contributed by atoms with E-state index in [-0.39, 0.29) is 11.8 Å². The molecule has 2 amide bonds. The molecule has 1 saturated heterocycles. The quantitative estimate of drug-likeness (QED) is 0.857. The van der Waals surface area contributed by atoms with Gasteiger partial charge in [0.1, 0.15) is 4.32 Å². The van der Waals surface area contributed by atoms with Crippen molar-refractivity contribution in [1.82, 2.24) is 10.2 Å². The van der Waals surface area contributed by atoms with E-state index in [9.17, 15) is 9.59 Å². The molecular weight excluding hydrogens is 280 g/mol. The van der Waals surface area contributed by atoms with Crippen molar-refractivity contribution >= 4 is 40.1 Å². The van der Waals surface area contributed by atoms with E-state index in [4.69, 9.17) is 12.2 Å². The molecule has 0 atom stereocenters. The number of aryl methyl sites for hydroxylation is 1. The van der Waals surface area contributed by atoms with E-state index < -0.39 is 0 Å². The normalized spacial score (nSPS) is 14.9. The fourth-order valence-corrected chi connectivity index (χ4v) is 2.81. The third kappa shape index (κ3) is 3.54. The van der Waals surface area contributed by atoms with Gasteiger partial charge in [-0.25, -0.2) is 0 Å². The second kappa shape index (κ2) is 6.16. The van der Waals surface area contributed by atoms with Gasteiger partial charge in [0, 0.05) is 18.7 Å². The highest BCUT2D eigenvalue weighted by molar-refractivity contribution is 8.23. The standard InChI is InChI=1S/C13H14N2O2S2/c1-9-2-4-10(5-3-9)12(17)14-6-7-15-11(16)8-19-13(15)18/h2-5H,6-8H2,1H3,(H,14,17). The highest BCUT2D eigenvalue weighted by Crippen LogP contribution is 2.18. The molecular formula is C13H14N2O2S2. The second-order valence-corrected chi connectivity index (χ2v) is 5.83. The number of thiocarbonyl (C=S) groups is 1. The fourth-order valence-electron chi connectivity index (χ4n) is 1.69. The average molecular weight is 294 g/mol. The molecule has 1 aliphatic heterocycles. The van der Waals surface area contributed by atoms with Gasteiger partial charge in [-0.2, -0.15) is 0 Å². The van der Waals surface area contributed by atoms with Crippen LogP contribution in [0.3, 0.4) is 0 Å². The van der Waals surface area contributed by atoms with Crippen LogP contribution in [0.25, 0.3) is 0 Å². The summed E-state index contributed by atoms with van der Waals surface area (Å²) in [6.45, 7) is 2.81. The molecule has 0 aliphatic carbocycles. The number of thioether (sulfide) groups is 1. The molecule has 1 fully saturated rings. The summed E-state index contributed by atoms with van der Waals surface area (Å²) in [4.78, 5) is 24.9. The van der Waals surface area contributed by atoms with Crippen LogP contribution in [0.1, 0.15) is 15.9 Å². The summed E-state index contributed by atoms with van der Waals surface area (Å²) in [5, 5.41) is 2.78. The number of hydrogen-bond acceptors (Lipinski definition) is 4. The third-order valence-electron chi connectivity index (χ3n) is 2.78. The van der Waals surface area contributed by atoms with Crippen molar-refractivity contribution in [3.8, 4) is 0 Å². The predicted octanol–water partition coefficient (Wildman–Crippen LogP) is 1.59. The van der Waals surface area contributed by atoms with Crippen LogP contribution in [-0.4, -0.2) is 39.9 Å². The number of amides is 2. The van der Waals surface area contributed by atoms with Gasteiger partial charge in [0.25, 0.3) is 5.91 Å². The lowest BCUT2D eigenvalue weighted by atomic mass is 10.1. The molecule has 6 heteroatoms. The van der Waals surface area contributed by atoms with Gasteiger partial charge in [0.15, 0.2) is 0 Å². The van der Waals surface area contributed by atoms with Crippen LogP contribution in [0.4, 0.5) is 0 Å². The first kappa shape index (κ1) is 14.0. The number of carbonyl (C=O) groups is 2. The summed E-state index contributed by atoms with van der Waals surface area (Å²) in [5.41, 5.74) is 1.73. The monoisotopic (exact) mass is 294 g/mol. The molecule has 1 aromatic rings. The van der Waals surface area contributed by atoms with Crippen LogP contribution in [0.15, 0.2) is 24.3 Å². The van der Waals surface area contributed by atoms with E-state index in [2.05, 4.69) is 5.32 Å². The van der Waals surface area contributed by atoms with Crippen LogP contribution in [0, 0.1) is 6.92 Å². The van der Waals surface area contributed by atoms with Crippen LogP contribution >= 0.6 is 24.0 Å². The Kier molecular flexibility index (Phi) is 4.55. The topological polar surface area (TPSA) is 49.4 Å².